The van der Waals surface area contributed by atoms with Crippen molar-refractivity contribution in [3.63, 3.8) is 0 Å². The first-order chi connectivity index (χ1) is 11.1. The third-order valence-corrected chi connectivity index (χ3v) is 5.19. The van der Waals surface area contributed by atoms with E-state index in [1.165, 1.54) is 5.56 Å². The fraction of sp³-hybridized carbons (Fsp3) is 0.765. The van der Waals surface area contributed by atoms with Gasteiger partial charge in [-0.25, -0.2) is 4.79 Å². The molecular formula is C17H28N4O2. The van der Waals surface area contributed by atoms with E-state index in [1.54, 1.807) is 0 Å². The van der Waals surface area contributed by atoms with Crippen molar-refractivity contribution in [3.8, 4) is 0 Å². The average Bonchev–Trinajstić information content (AvgIpc) is 3.26. The zero-order valence-corrected chi connectivity index (χ0v) is 14.4. The van der Waals surface area contributed by atoms with Gasteiger partial charge in [0.2, 0.25) is 0 Å². The minimum atomic E-state index is 0.0369. The maximum absolute atomic E-state index is 12.8. The van der Waals surface area contributed by atoms with Gasteiger partial charge < -0.3 is 15.0 Å². The van der Waals surface area contributed by atoms with Gasteiger partial charge in [0, 0.05) is 24.4 Å². The number of carbonyl (C=O) groups excluding carboxylic acids is 1. The molecule has 0 aliphatic carbocycles. The molecule has 2 saturated heterocycles. The molecule has 3 heterocycles. The van der Waals surface area contributed by atoms with Crippen LogP contribution in [0.25, 0.3) is 0 Å². The van der Waals surface area contributed by atoms with Gasteiger partial charge in [0.1, 0.15) is 0 Å². The van der Waals surface area contributed by atoms with Crippen molar-refractivity contribution < 1.29 is 9.53 Å². The molecule has 2 amide bonds. The number of likely N-dealkylation sites (tertiary alicyclic amines) is 1. The SMILES string of the molecule is CC[C@H](NC(=O)N1CCC[C@H]1c1c(C)n[nH]c1C)[C@@H]1CCCO1. The predicted octanol–water partition coefficient (Wildman–Crippen LogP) is 2.83. The monoisotopic (exact) mass is 320 g/mol. The van der Waals surface area contributed by atoms with Crippen LogP contribution in [0.15, 0.2) is 0 Å². The maximum Gasteiger partial charge on any atom is 0.318 e. The number of rotatable bonds is 4. The second-order valence-corrected chi connectivity index (χ2v) is 6.71. The normalized spacial score (nSPS) is 25.8. The van der Waals surface area contributed by atoms with Gasteiger partial charge in [0.15, 0.2) is 0 Å². The van der Waals surface area contributed by atoms with E-state index in [2.05, 4.69) is 22.4 Å². The van der Waals surface area contributed by atoms with E-state index in [0.717, 1.165) is 56.6 Å². The standard InChI is InChI=1S/C17H28N4O2/c1-4-13(15-8-6-10-23-15)18-17(22)21-9-5-7-14(21)16-11(2)19-20-12(16)3/h13-15H,4-10H2,1-3H3,(H,18,22)(H,19,20)/t13-,14-,15-/m0/s1. The first-order valence-electron chi connectivity index (χ1n) is 8.82. The summed E-state index contributed by atoms with van der Waals surface area (Å²) < 4.78 is 5.76. The Hall–Kier alpha value is -1.56. The highest BCUT2D eigenvalue weighted by Gasteiger charge is 2.35. The summed E-state index contributed by atoms with van der Waals surface area (Å²) in [6, 6.07) is 0.281. The lowest BCUT2D eigenvalue weighted by molar-refractivity contribution is 0.0765. The highest BCUT2D eigenvalue weighted by Crippen LogP contribution is 2.35. The molecule has 2 aliphatic rings. The summed E-state index contributed by atoms with van der Waals surface area (Å²) in [5, 5.41) is 10.5. The number of aryl methyl sites for hydroxylation is 2. The molecule has 128 valence electrons. The fourth-order valence-corrected chi connectivity index (χ4v) is 3.98. The van der Waals surface area contributed by atoms with Crippen LogP contribution in [0, 0.1) is 13.8 Å². The van der Waals surface area contributed by atoms with Crippen molar-refractivity contribution in [2.75, 3.05) is 13.2 Å². The second kappa shape index (κ2) is 6.91. The Kier molecular flexibility index (Phi) is 4.90. The van der Waals surface area contributed by atoms with Gasteiger partial charge >= 0.3 is 6.03 Å². The molecule has 0 bridgehead atoms. The predicted molar refractivity (Wildman–Crippen MR) is 88.3 cm³/mol. The molecule has 0 radical (unpaired) electrons. The van der Waals surface area contributed by atoms with Crippen molar-refractivity contribution in [2.24, 2.45) is 0 Å². The Morgan fingerprint density at radius 2 is 2.26 bits per heavy atom. The van der Waals surface area contributed by atoms with Gasteiger partial charge in [-0.1, -0.05) is 6.92 Å². The number of aromatic nitrogens is 2. The zero-order chi connectivity index (χ0) is 16.4. The summed E-state index contributed by atoms with van der Waals surface area (Å²) in [5.41, 5.74) is 3.25. The van der Waals surface area contributed by atoms with E-state index in [0.29, 0.717) is 0 Å². The molecule has 23 heavy (non-hydrogen) atoms. The number of hydrogen-bond acceptors (Lipinski definition) is 3. The van der Waals surface area contributed by atoms with E-state index < -0.39 is 0 Å². The summed E-state index contributed by atoms with van der Waals surface area (Å²) in [6.45, 7) is 7.77. The Morgan fingerprint density at radius 1 is 1.43 bits per heavy atom. The molecule has 0 saturated carbocycles. The van der Waals surface area contributed by atoms with Crippen LogP contribution in [0.2, 0.25) is 0 Å². The van der Waals surface area contributed by atoms with Gasteiger partial charge in [-0.2, -0.15) is 5.10 Å². The van der Waals surface area contributed by atoms with Crippen LogP contribution in [-0.2, 0) is 4.74 Å². The Bertz CT molecular complexity index is 531. The number of nitrogens with zero attached hydrogens (tertiary/aromatic N) is 2. The largest absolute Gasteiger partial charge is 0.376 e. The minimum Gasteiger partial charge on any atom is -0.376 e. The molecule has 0 unspecified atom stereocenters. The Morgan fingerprint density at radius 3 is 2.87 bits per heavy atom. The fourth-order valence-electron chi connectivity index (χ4n) is 3.98. The molecule has 2 aliphatic heterocycles. The lowest BCUT2D eigenvalue weighted by atomic mass is 10.0. The van der Waals surface area contributed by atoms with E-state index in [4.69, 9.17) is 4.74 Å². The molecule has 0 spiro atoms. The first-order valence-corrected chi connectivity index (χ1v) is 8.82. The molecule has 0 aromatic carbocycles. The summed E-state index contributed by atoms with van der Waals surface area (Å²) in [4.78, 5) is 14.8. The summed E-state index contributed by atoms with van der Waals surface area (Å²) >= 11 is 0. The topological polar surface area (TPSA) is 70.2 Å². The van der Waals surface area contributed by atoms with Crippen molar-refractivity contribution in [2.45, 2.75) is 71.1 Å². The lowest BCUT2D eigenvalue weighted by Gasteiger charge is -2.30. The summed E-state index contributed by atoms with van der Waals surface area (Å²) in [5.74, 6) is 0. The molecule has 1 aromatic heterocycles. The van der Waals surface area contributed by atoms with Crippen LogP contribution < -0.4 is 5.32 Å². The molecule has 3 atom stereocenters. The van der Waals surface area contributed by atoms with Crippen LogP contribution in [0.4, 0.5) is 4.79 Å². The van der Waals surface area contributed by atoms with Crippen LogP contribution in [0.1, 0.15) is 62.0 Å². The third-order valence-electron chi connectivity index (χ3n) is 5.19. The van der Waals surface area contributed by atoms with Gasteiger partial charge in [0.25, 0.3) is 0 Å². The molecule has 2 fully saturated rings. The van der Waals surface area contributed by atoms with E-state index in [-0.39, 0.29) is 24.2 Å². The number of amides is 2. The molecule has 1 aromatic rings. The van der Waals surface area contributed by atoms with Gasteiger partial charge in [-0.05, 0) is 46.0 Å². The van der Waals surface area contributed by atoms with E-state index in [1.807, 2.05) is 18.7 Å². The van der Waals surface area contributed by atoms with Gasteiger partial charge in [0.05, 0.1) is 23.9 Å². The first kappa shape index (κ1) is 16.3. The van der Waals surface area contributed by atoms with Gasteiger partial charge in [-0.15, -0.1) is 0 Å². The number of aromatic amines is 1. The van der Waals surface area contributed by atoms with Crippen molar-refractivity contribution in [1.29, 1.82) is 0 Å². The van der Waals surface area contributed by atoms with Crippen LogP contribution in [0.3, 0.4) is 0 Å². The minimum absolute atomic E-state index is 0.0369. The summed E-state index contributed by atoms with van der Waals surface area (Å²) in [7, 11) is 0. The van der Waals surface area contributed by atoms with Crippen molar-refractivity contribution >= 4 is 6.03 Å². The molecule has 6 heteroatoms. The maximum atomic E-state index is 12.8. The smallest absolute Gasteiger partial charge is 0.318 e. The average molecular weight is 320 g/mol. The van der Waals surface area contributed by atoms with Crippen molar-refractivity contribution in [3.05, 3.63) is 17.0 Å². The quantitative estimate of drug-likeness (QED) is 0.896. The number of carbonyl (C=O) groups is 1. The molecule has 3 rings (SSSR count). The van der Waals surface area contributed by atoms with Crippen LogP contribution >= 0.6 is 0 Å². The molecule has 2 N–H and O–H groups in total. The second-order valence-electron chi connectivity index (χ2n) is 6.71. The van der Waals surface area contributed by atoms with E-state index in [9.17, 15) is 4.79 Å². The highest BCUT2D eigenvalue weighted by molar-refractivity contribution is 5.75. The van der Waals surface area contributed by atoms with Crippen LogP contribution in [-0.4, -0.2) is 46.4 Å². The van der Waals surface area contributed by atoms with E-state index >= 15 is 0 Å². The third kappa shape index (κ3) is 3.22. The van der Waals surface area contributed by atoms with Gasteiger partial charge in [-0.3, -0.25) is 5.10 Å². The number of nitrogens with one attached hydrogen (secondary N) is 2. The number of urea groups is 1. The van der Waals surface area contributed by atoms with Crippen LogP contribution in [0.5, 0.6) is 0 Å². The highest BCUT2D eigenvalue weighted by atomic mass is 16.5. The lowest BCUT2D eigenvalue weighted by Crippen LogP contribution is -2.48. The Labute approximate surface area is 138 Å². The zero-order valence-electron chi connectivity index (χ0n) is 14.4. The molecule has 6 nitrogen and oxygen atoms in total. The number of ether oxygens (including phenoxy) is 1. The summed E-state index contributed by atoms with van der Waals surface area (Å²) in [6.07, 6.45) is 5.25. The Balaban J connectivity index is 1.70. The van der Waals surface area contributed by atoms with Crippen molar-refractivity contribution in [1.82, 2.24) is 20.4 Å². The number of H-pyrrole nitrogens is 1. The number of hydrogen-bond donors (Lipinski definition) is 2. The molecular weight excluding hydrogens is 292 g/mol.